The number of benzene rings is 2. The maximum Gasteiger partial charge on any atom is 0.329 e. The number of methoxy groups -OCH3 is 1. The molecule has 148 valence electrons. The Kier molecular flexibility index (Phi) is 4.84. The van der Waals surface area contributed by atoms with E-state index < -0.39 is 17.3 Å². The smallest absolute Gasteiger partial charge is 0.329 e. The minimum atomic E-state index is -1.05. The first kappa shape index (κ1) is 19.1. The molecular weight excluding hydrogens is 397 g/mol. The number of nitrogens with one attached hydrogen (secondary N) is 1. The zero-order valence-corrected chi connectivity index (χ0v) is 16.2. The largest absolute Gasteiger partial charge is 0.497 e. The van der Waals surface area contributed by atoms with Gasteiger partial charge < -0.3 is 15.2 Å². The molecule has 1 heterocycles. The maximum absolute atomic E-state index is 14.5. The molecule has 4 rings (SSSR count). The molecule has 29 heavy (non-hydrogen) atoms. The van der Waals surface area contributed by atoms with Crippen molar-refractivity contribution >= 4 is 23.4 Å². The number of anilines is 1. The molecule has 1 fully saturated rings. The minimum absolute atomic E-state index is 0.227. The summed E-state index contributed by atoms with van der Waals surface area (Å²) in [5.41, 5.74) is 0.161. The highest BCUT2D eigenvalue weighted by atomic mass is 35.5. The highest BCUT2D eigenvalue weighted by Gasteiger charge is 2.50. The number of rotatable bonds is 6. The summed E-state index contributed by atoms with van der Waals surface area (Å²) in [5.74, 6) is -0.311. The van der Waals surface area contributed by atoms with Crippen LogP contribution in [0.1, 0.15) is 12.8 Å². The van der Waals surface area contributed by atoms with Gasteiger partial charge in [0.1, 0.15) is 22.9 Å². The molecule has 0 aliphatic heterocycles. The maximum atomic E-state index is 14.5. The van der Waals surface area contributed by atoms with Crippen molar-refractivity contribution in [2.75, 3.05) is 12.4 Å². The van der Waals surface area contributed by atoms with Gasteiger partial charge in [-0.2, -0.15) is 0 Å². The standard InChI is InChI=1S/C21H17ClFN3O3/c1-29-14-6-7-16(23)15(10-14)17-11-18(26-21(8-9-21)20(27)28)25-19(24-17)12-2-4-13(22)5-3-12/h2-7,10-11H,8-9H2,1H3,(H,27,28)(H,24,25,26). The summed E-state index contributed by atoms with van der Waals surface area (Å²) >= 11 is 5.96. The number of nitrogens with zero attached hydrogens (tertiary/aromatic N) is 2. The van der Waals surface area contributed by atoms with Crippen LogP contribution in [-0.2, 0) is 4.79 Å². The topological polar surface area (TPSA) is 84.3 Å². The number of hydrogen-bond donors (Lipinski definition) is 2. The highest BCUT2D eigenvalue weighted by molar-refractivity contribution is 6.30. The van der Waals surface area contributed by atoms with Gasteiger partial charge in [-0.25, -0.2) is 19.2 Å². The van der Waals surface area contributed by atoms with E-state index in [0.717, 1.165) is 0 Å². The average molecular weight is 414 g/mol. The number of hydrogen-bond acceptors (Lipinski definition) is 5. The van der Waals surface area contributed by atoms with E-state index in [2.05, 4.69) is 15.3 Å². The molecule has 1 aliphatic rings. The first-order valence-electron chi connectivity index (χ1n) is 8.91. The Hall–Kier alpha value is -3.19. The van der Waals surface area contributed by atoms with Gasteiger partial charge in [-0.1, -0.05) is 11.6 Å². The van der Waals surface area contributed by atoms with E-state index in [-0.39, 0.29) is 5.56 Å². The van der Waals surface area contributed by atoms with Crippen LogP contribution in [0.2, 0.25) is 5.02 Å². The third-order valence-corrected chi connectivity index (χ3v) is 5.06. The Morgan fingerprint density at radius 2 is 1.90 bits per heavy atom. The molecule has 8 heteroatoms. The minimum Gasteiger partial charge on any atom is -0.497 e. The van der Waals surface area contributed by atoms with Gasteiger partial charge in [-0.3, -0.25) is 0 Å². The molecule has 0 bridgehead atoms. The molecule has 0 atom stereocenters. The third kappa shape index (κ3) is 3.86. The molecule has 0 unspecified atom stereocenters. The Morgan fingerprint density at radius 3 is 2.52 bits per heavy atom. The molecular formula is C21H17ClFN3O3. The van der Waals surface area contributed by atoms with Gasteiger partial charge in [0, 0.05) is 22.2 Å². The van der Waals surface area contributed by atoms with Crippen LogP contribution in [0.3, 0.4) is 0 Å². The Labute approximate surface area is 171 Å². The van der Waals surface area contributed by atoms with Gasteiger partial charge in [0.2, 0.25) is 0 Å². The number of halogens is 2. The number of aromatic nitrogens is 2. The lowest BCUT2D eigenvalue weighted by Crippen LogP contribution is -2.31. The van der Waals surface area contributed by atoms with E-state index in [0.29, 0.717) is 46.5 Å². The Morgan fingerprint density at radius 1 is 1.17 bits per heavy atom. The van der Waals surface area contributed by atoms with Crippen LogP contribution in [0.5, 0.6) is 5.75 Å². The first-order valence-corrected chi connectivity index (χ1v) is 9.28. The van der Waals surface area contributed by atoms with Crippen molar-refractivity contribution in [1.29, 1.82) is 0 Å². The average Bonchev–Trinajstić information content (AvgIpc) is 3.49. The van der Waals surface area contributed by atoms with Crippen molar-refractivity contribution in [3.05, 3.63) is 59.4 Å². The normalized spacial score (nSPS) is 14.3. The van der Waals surface area contributed by atoms with Crippen LogP contribution >= 0.6 is 11.6 Å². The van der Waals surface area contributed by atoms with Crippen molar-refractivity contribution in [1.82, 2.24) is 9.97 Å². The summed E-state index contributed by atoms with van der Waals surface area (Å²) in [7, 11) is 1.49. The van der Waals surface area contributed by atoms with Crippen molar-refractivity contribution in [2.24, 2.45) is 0 Å². The molecule has 3 aromatic rings. The second-order valence-electron chi connectivity index (χ2n) is 6.83. The fraction of sp³-hybridized carbons (Fsp3) is 0.190. The number of ether oxygens (including phenoxy) is 1. The van der Waals surface area contributed by atoms with Gasteiger partial charge in [0.05, 0.1) is 12.8 Å². The summed E-state index contributed by atoms with van der Waals surface area (Å²) in [5, 5.41) is 13.0. The van der Waals surface area contributed by atoms with Gasteiger partial charge in [0.15, 0.2) is 5.82 Å². The Balaban J connectivity index is 1.84. The summed E-state index contributed by atoms with van der Waals surface area (Å²) in [6.45, 7) is 0. The van der Waals surface area contributed by atoms with Crippen molar-refractivity contribution in [3.63, 3.8) is 0 Å². The van der Waals surface area contributed by atoms with Crippen molar-refractivity contribution in [2.45, 2.75) is 18.4 Å². The van der Waals surface area contributed by atoms with E-state index in [9.17, 15) is 14.3 Å². The van der Waals surface area contributed by atoms with E-state index in [1.807, 2.05) is 0 Å². The van der Waals surface area contributed by atoms with Crippen LogP contribution in [0.25, 0.3) is 22.6 Å². The number of aliphatic carboxylic acids is 1. The van der Waals surface area contributed by atoms with E-state index >= 15 is 0 Å². The SMILES string of the molecule is COc1ccc(F)c(-c2cc(NC3(C(=O)O)CC3)nc(-c3ccc(Cl)cc3)n2)c1. The highest BCUT2D eigenvalue weighted by Crippen LogP contribution is 2.40. The summed E-state index contributed by atoms with van der Waals surface area (Å²) < 4.78 is 19.7. The molecule has 1 aliphatic carbocycles. The van der Waals surface area contributed by atoms with Gasteiger partial charge in [-0.05, 0) is 55.3 Å². The molecule has 1 saturated carbocycles. The predicted octanol–water partition coefficient (Wildman–Crippen LogP) is 4.64. The lowest BCUT2D eigenvalue weighted by Gasteiger charge is -2.15. The number of carbonyl (C=O) groups is 1. The summed E-state index contributed by atoms with van der Waals surface area (Å²) in [4.78, 5) is 20.5. The third-order valence-electron chi connectivity index (χ3n) is 4.80. The van der Waals surface area contributed by atoms with Crippen LogP contribution in [0.4, 0.5) is 10.2 Å². The molecule has 6 nitrogen and oxygen atoms in total. The second-order valence-corrected chi connectivity index (χ2v) is 7.26. The molecule has 0 radical (unpaired) electrons. The predicted molar refractivity (Wildman–Crippen MR) is 108 cm³/mol. The molecule has 0 saturated heterocycles. The molecule has 0 spiro atoms. The first-order chi connectivity index (χ1) is 13.9. The molecule has 2 aromatic carbocycles. The fourth-order valence-electron chi connectivity index (χ4n) is 2.97. The summed E-state index contributed by atoms with van der Waals surface area (Å²) in [6.07, 6.45) is 0.983. The molecule has 2 N–H and O–H groups in total. The van der Waals surface area contributed by atoms with Crippen molar-refractivity contribution in [3.8, 4) is 28.4 Å². The van der Waals surface area contributed by atoms with E-state index in [1.165, 1.54) is 25.3 Å². The number of carboxylic acids is 1. The quantitative estimate of drug-likeness (QED) is 0.612. The lowest BCUT2D eigenvalue weighted by atomic mass is 10.1. The molecule has 0 amide bonds. The fourth-order valence-corrected chi connectivity index (χ4v) is 3.09. The van der Waals surface area contributed by atoms with Crippen molar-refractivity contribution < 1.29 is 19.0 Å². The van der Waals surface area contributed by atoms with Gasteiger partial charge >= 0.3 is 5.97 Å². The van der Waals surface area contributed by atoms with Crippen LogP contribution in [0.15, 0.2) is 48.5 Å². The van der Waals surface area contributed by atoms with E-state index in [1.54, 1.807) is 30.3 Å². The van der Waals surface area contributed by atoms with Gasteiger partial charge in [-0.15, -0.1) is 0 Å². The van der Waals surface area contributed by atoms with Gasteiger partial charge in [0.25, 0.3) is 0 Å². The van der Waals surface area contributed by atoms with Crippen LogP contribution in [-0.4, -0.2) is 33.7 Å². The monoisotopic (exact) mass is 413 g/mol. The second kappa shape index (κ2) is 7.33. The lowest BCUT2D eigenvalue weighted by molar-refractivity contribution is -0.138. The van der Waals surface area contributed by atoms with Crippen LogP contribution < -0.4 is 10.1 Å². The Bertz CT molecular complexity index is 1090. The summed E-state index contributed by atoms with van der Waals surface area (Å²) in [6, 6.07) is 12.8. The number of carboxylic acid groups (broad SMARTS) is 1. The molecule has 1 aromatic heterocycles. The zero-order valence-electron chi connectivity index (χ0n) is 15.4. The van der Waals surface area contributed by atoms with E-state index in [4.69, 9.17) is 16.3 Å². The zero-order chi connectivity index (χ0) is 20.6. The van der Waals surface area contributed by atoms with Crippen LogP contribution in [0, 0.1) is 5.82 Å².